The first-order valence-corrected chi connectivity index (χ1v) is 7.36. The molecule has 0 amide bonds. The molecule has 5 heteroatoms. The first kappa shape index (κ1) is 12.3. The molecule has 0 unspecified atom stereocenters. The monoisotopic (exact) mass is 279 g/mol. The first-order valence-electron chi connectivity index (χ1n) is 4.83. The van der Waals surface area contributed by atoms with Crippen LogP contribution in [0, 0.1) is 5.39 Å². The lowest BCUT2D eigenvalue weighted by molar-refractivity contribution is 1.43. The summed E-state index contributed by atoms with van der Waals surface area (Å²) in [6.45, 7) is 0. The highest BCUT2D eigenvalue weighted by Gasteiger charge is 2.03. The molecule has 0 saturated heterocycles. The molecule has 0 aromatic heterocycles. The van der Waals surface area contributed by atoms with E-state index in [0.717, 1.165) is 14.8 Å². The number of diazo groups is 1. The Morgan fingerprint density at radius 1 is 0.824 bits per heavy atom. The van der Waals surface area contributed by atoms with Crippen molar-refractivity contribution < 1.29 is 0 Å². The Hall–Kier alpha value is -1.15. The molecule has 0 aliphatic heterocycles. The molecule has 0 aliphatic rings. The highest BCUT2D eigenvalue weighted by Crippen LogP contribution is 2.38. The van der Waals surface area contributed by atoms with Crippen LogP contribution in [0.3, 0.4) is 0 Å². The van der Waals surface area contributed by atoms with E-state index >= 15 is 0 Å². The number of halogens is 1. The highest BCUT2D eigenvalue weighted by molar-refractivity contribution is 8.76. The summed E-state index contributed by atoms with van der Waals surface area (Å²) in [6, 6.07) is 15.1. The fraction of sp³-hybridized carbons (Fsp3) is 0. The van der Waals surface area contributed by atoms with E-state index in [-0.39, 0.29) is 0 Å². The molecule has 17 heavy (non-hydrogen) atoms. The second-order valence-electron chi connectivity index (χ2n) is 3.21. The Morgan fingerprint density at radius 3 is 1.76 bits per heavy atom. The second kappa shape index (κ2) is 5.97. The van der Waals surface area contributed by atoms with Gasteiger partial charge in [0.05, 0.1) is 0 Å². The zero-order chi connectivity index (χ0) is 12.1. The predicted octanol–water partition coefficient (Wildman–Crippen LogP) is 5.62. The molecule has 2 aromatic carbocycles. The molecule has 2 aromatic rings. The van der Waals surface area contributed by atoms with Crippen LogP contribution in [-0.4, -0.2) is 0 Å². The Morgan fingerprint density at radius 2 is 1.29 bits per heavy atom. The lowest BCUT2D eigenvalue weighted by Crippen LogP contribution is -1.69. The third-order valence-electron chi connectivity index (χ3n) is 2.00. The van der Waals surface area contributed by atoms with E-state index in [4.69, 9.17) is 17.0 Å². The minimum atomic E-state index is 0.561. The van der Waals surface area contributed by atoms with Gasteiger partial charge in [0.15, 0.2) is 4.98 Å². The molecule has 0 atom stereocenters. The van der Waals surface area contributed by atoms with Crippen LogP contribution in [-0.2, 0) is 0 Å². The van der Waals surface area contributed by atoms with E-state index < -0.39 is 0 Å². The quantitative estimate of drug-likeness (QED) is 0.539. The van der Waals surface area contributed by atoms with Crippen LogP contribution in [0.25, 0.3) is 4.98 Å². The van der Waals surface area contributed by atoms with Gasteiger partial charge in [-0.1, -0.05) is 33.2 Å². The molecule has 0 spiro atoms. The average molecular weight is 280 g/mol. The molecule has 0 N–H and O–H groups in total. The Labute approximate surface area is 112 Å². The van der Waals surface area contributed by atoms with Gasteiger partial charge in [-0.3, -0.25) is 0 Å². The topological polar surface area (TPSA) is 28.1 Å². The zero-order valence-electron chi connectivity index (χ0n) is 8.71. The van der Waals surface area contributed by atoms with Crippen LogP contribution in [0.15, 0.2) is 58.3 Å². The van der Waals surface area contributed by atoms with Gasteiger partial charge in [-0.15, -0.1) is 0 Å². The molecule has 0 heterocycles. The third kappa shape index (κ3) is 3.67. The molecule has 0 fully saturated rings. The van der Waals surface area contributed by atoms with E-state index in [9.17, 15) is 0 Å². The number of hydrogen-bond donors (Lipinski definition) is 0. The fourth-order valence-corrected chi connectivity index (χ4v) is 3.21. The van der Waals surface area contributed by atoms with Gasteiger partial charge in [0.25, 0.3) is 0 Å². The molecular formula is C12H8ClN2S2+. The summed E-state index contributed by atoms with van der Waals surface area (Å²) in [4.78, 5) is 5.37. The summed E-state index contributed by atoms with van der Waals surface area (Å²) < 4.78 is 0. The van der Waals surface area contributed by atoms with Gasteiger partial charge in [-0.2, -0.15) is 0 Å². The molecule has 0 aliphatic carbocycles. The van der Waals surface area contributed by atoms with Crippen molar-refractivity contribution in [2.45, 2.75) is 9.79 Å². The van der Waals surface area contributed by atoms with Crippen molar-refractivity contribution in [3.63, 3.8) is 0 Å². The summed E-state index contributed by atoms with van der Waals surface area (Å²) >= 11 is 5.81. The summed E-state index contributed by atoms with van der Waals surface area (Å²) in [5.74, 6) is 0. The molecule has 2 nitrogen and oxygen atoms in total. The van der Waals surface area contributed by atoms with Crippen molar-refractivity contribution in [2.24, 2.45) is 0 Å². The molecule has 0 bridgehead atoms. The van der Waals surface area contributed by atoms with Crippen molar-refractivity contribution >= 4 is 38.9 Å². The van der Waals surface area contributed by atoms with Crippen LogP contribution < -0.4 is 0 Å². The minimum absolute atomic E-state index is 0.561. The van der Waals surface area contributed by atoms with Gasteiger partial charge in [-0.05, 0) is 36.4 Å². The highest BCUT2D eigenvalue weighted by atomic mass is 35.5. The normalized spacial score (nSPS) is 9.88. The van der Waals surface area contributed by atoms with Crippen molar-refractivity contribution in [1.82, 2.24) is 0 Å². The van der Waals surface area contributed by atoms with Crippen LogP contribution in [0.5, 0.6) is 0 Å². The van der Waals surface area contributed by atoms with Crippen molar-refractivity contribution in [3.8, 4) is 0 Å². The van der Waals surface area contributed by atoms with Crippen molar-refractivity contribution in [3.05, 3.63) is 58.5 Å². The number of hydrogen-bond acceptors (Lipinski definition) is 3. The summed E-state index contributed by atoms with van der Waals surface area (Å²) in [5, 5.41) is 9.31. The summed E-state index contributed by atoms with van der Waals surface area (Å²) in [5.41, 5.74) is 0.561. The predicted molar refractivity (Wildman–Crippen MR) is 74.4 cm³/mol. The number of nitrogens with zero attached hydrogens (tertiary/aromatic N) is 2. The van der Waals surface area contributed by atoms with Gasteiger partial charge in [0, 0.05) is 26.9 Å². The van der Waals surface area contributed by atoms with Crippen molar-refractivity contribution in [2.75, 3.05) is 0 Å². The maximum Gasteiger partial charge on any atom is 0.385 e. The van der Waals surface area contributed by atoms with Gasteiger partial charge in [0.1, 0.15) is 0 Å². The molecule has 0 radical (unpaired) electrons. The van der Waals surface area contributed by atoms with E-state index in [2.05, 4.69) is 4.98 Å². The largest absolute Gasteiger partial charge is 0.385 e. The maximum absolute atomic E-state index is 8.56. The standard InChI is InChI=1S/C12H8ClN2S2/c13-9-1-5-11(6-2-9)16-17-12-7-3-10(15-14)4-8-12/h1-8H/q+1. The van der Waals surface area contributed by atoms with Gasteiger partial charge in [0.2, 0.25) is 5.39 Å². The minimum Gasteiger partial charge on any atom is -0.0843 e. The molecule has 2 rings (SSSR count). The number of benzene rings is 2. The second-order valence-corrected chi connectivity index (χ2v) is 5.93. The number of rotatable bonds is 3. The van der Waals surface area contributed by atoms with Crippen LogP contribution >= 0.6 is 33.2 Å². The SMILES string of the molecule is N#[N+]c1ccc(SSc2ccc(Cl)cc2)cc1. The Kier molecular flexibility index (Phi) is 4.32. The van der Waals surface area contributed by atoms with Crippen molar-refractivity contribution in [1.29, 1.82) is 5.39 Å². The Balaban J connectivity index is 1.98. The average Bonchev–Trinajstić information content (AvgIpc) is 2.39. The summed E-state index contributed by atoms with van der Waals surface area (Å²) in [6.07, 6.45) is 0. The molecule has 0 saturated carbocycles. The fourth-order valence-electron chi connectivity index (χ4n) is 1.15. The van der Waals surface area contributed by atoms with E-state index in [0.29, 0.717) is 5.69 Å². The maximum atomic E-state index is 8.56. The van der Waals surface area contributed by atoms with Crippen LogP contribution in [0.1, 0.15) is 0 Å². The van der Waals surface area contributed by atoms with Gasteiger partial charge in [-0.25, -0.2) is 0 Å². The Bertz CT molecular complexity index is 532. The van der Waals surface area contributed by atoms with Gasteiger partial charge >= 0.3 is 5.69 Å². The first-order chi connectivity index (χ1) is 8.28. The van der Waals surface area contributed by atoms with E-state index in [1.807, 2.05) is 36.4 Å². The molecular weight excluding hydrogens is 272 g/mol. The molecule has 84 valence electrons. The lowest BCUT2D eigenvalue weighted by Gasteiger charge is -2.00. The van der Waals surface area contributed by atoms with E-state index in [1.54, 1.807) is 33.7 Å². The van der Waals surface area contributed by atoms with E-state index in [1.165, 1.54) is 0 Å². The van der Waals surface area contributed by atoms with Gasteiger partial charge < -0.3 is 0 Å². The van der Waals surface area contributed by atoms with Crippen LogP contribution in [0.2, 0.25) is 5.02 Å². The summed E-state index contributed by atoms with van der Waals surface area (Å²) in [7, 11) is 3.31. The lowest BCUT2D eigenvalue weighted by atomic mass is 10.3. The zero-order valence-corrected chi connectivity index (χ0v) is 11.1. The smallest absolute Gasteiger partial charge is 0.0843 e. The van der Waals surface area contributed by atoms with Crippen LogP contribution in [0.4, 0.5) is 5.69 Å². The third-order valence-corrected chi connectivity index (χ3v) is 4.67.